The Morgan fingerprint density at radius 3 is 2.71 bits per heavy atom. The van der Waals surface area contributed by atoms with E-state index in [0.29, 0.717) is 6.42 Å². The third-order valence-corrected chi connectivity index (χ3v) is 3.10. The van der Waals surface area contributed by atoms with Crippen LogP contribution in [0.2, 0.25) is 0 Å². The van der Waals surface area contributed by atoms with Gasteiger partial charge in [-0.05, 0) is 39.7 Å². The van der Waals surface area contributed by atoms with Gasteiger partial charge < -0.3 is 10.8 Å². The van der Waals surface area contributed by atoms with Crippen LogP contribution in [0.1, 0.15) is 33.1 Å². The fraction of sp³-hybridized carbons (Fsp3) is 0.900. The topological polar surface area (TPSA) is 66.6 Å². The summed E-state index contributed by atoms with van der Waals surface area (Å²) < 4.78 is 0. The quantitative estimate of drug-likeness (QED) is 0.699. The molecule has 1 heterocycles. The molecular weight excluding hydrogens is 180 g/mol. The standard InChI is InChI=1S/C10H20N2O2/c1-10(2)5-3-6-12(10)7-4-8(11)9(13)14/h8H,3-7,11H2,1-2H3,(H,13,14). The lowest BCUT2D eigenvalue weighted by molar-refractivity contribution is -0.138. The van der Waals surface area contributed by atoms with Crippen molar-refractivity contribution in [3.8, 4) is 0 Å². The summed E-state index contributed by atoms with van der Waals surface area (Å²) in [5.41, 5.74) is 5.68. The minimum Gasteiger partial charge on any atom is -0.480 e. The third kappa shape index (κ3) is 2.69. The zero-order chi connectivity index (χ0) is 10.8. The van der Waals surface area contributed by atoms with E-state index >= 15 is 0 Å². The van der Waals surface area contributed by atoms with Crippen molar-refractivity contribution in [2.24, 2.45) is 5.73 Å². The number of hydrogen-bond donors (Lipinski definition) is 2. The van der Waals surface area contributed by atoms with Gasteiger partial charge in [0.15, 0.2) is 0 Å². The number of carbonyl (C=O) groups is 1. The average molecular weight is 200 g/mol. The molecule has 0 aromatic rings. The Bertz CT molecular complexity index is 216. The molecule has 14 heavy (non-hydrogen) atoms. The Balaban J connectivity index is 2.34. The van der Waals surface area contributed by atoms with Gasteiger partial charge in [0.05, 0.1) is 0 Å². The van der Waals surface area contributed by atoms with Crippen LogP contribution < -0.4 is 5.73 Å². The van der Waals surface area contributed by atoms with Gasteiger partial charge in [0.2, 0.25) is 0 Å². The van der Waals surface area contributed by atoms with Crippen molar-refractivity contribution in [2.45, 2.75) is 44.7 Å². The molecule has 1 rings (SSSR count). The van der Waals surface area contributed by atoms with Crippen LogP contribution in [0, 0.1) is 0 Å². The van der Waals surface area contributed by atoms with Gasteiger partial charge in [-0.1, -0.05) is 0 Å². The Kier molecular flexibility index (Phi) is 3.50. The van der Waals surface area contributed by atoms with Crippen molar-refractivity contribution < 1.29 is 9.90 Å². The van der Waals surface area contributed by atoms with Crippen LogP contribution in [0.3, 0.4) is 0 Å². The Labute approximate surface area is 85.1 Å². The van der Waals surface area contributed by atoms with Crippen LogP contribution in [0.25, 0.3) is 0 Å². The van der Waals surface area contributed by atoms with Crippen LogP contribution in [0.15, 0.2) is 0 Å². The van der Waals surface area contributed by atoms with Gasteiger partial charge in [-0.25, -0.2) is 0 Å². The lowest BCUT2D eigenvalue weighted by atomic mass is 10.0. The number of nitrogens with zero attached hydrogens (tertiary/aromatic N) is 1. The number of rotatable bonds is 4. The van der Waals surface area contributed by atoms with Gasteiger partial charge in [-0.15, -0.1) is 0 Å². The summed E-state index contributed by atoms with van der Waals surface area (Å²) >= 11 is 0. The van der Waals surface area contributed by atoms with E-state index in [2.05, 4.69) is 18.7 Å². The summed E-state index contributed by atoms with van der Waals surface area (Å²) in [7, 11) is 0. The normalized spacial score (nSPS) is 23.6. The van der Waals surface area contributed by atoms with E-state index in [1.54, 1.807) is 0 Å². The minimum atomic E-state index is -0.901. The highest BCUT2D eigenvalue weighted by molar-refractivity contribution is 5.72. The van der Waals surface area contributed by atoms with E-state index in [1.165, 1.54) is 12.8 Å². The molecule has 1 aliphatic heterocycles. The largest absolute Gasteiger partial charge is 0.480 e. The molecule has 1 saturated heterocycles. The smallest absolute Gasteiger partial charge is 0.320 e. The summed E-state index contributed by atoms with van der Waals surface area (Å²) in [5.74, 6) is -0.901. The first-order chi connectivity index (χ1) is 6.43. The lowest BCUT2D eigenvalue weighted by Gasteiger charge is -2.31. The van der Waals surface area contributed by atoms with E-state index in [1.807, 2.05) is 0 Å². The number of carboxylic acid groups (broad SMARTS) is 1. The number of likely N-dealkylation sites (tertiary alicyclic amines) is 1. The van der Waals surface area contributed by atoms with Crippen molar-refractivity contribution >= 4 is 5.97 Å². The van der Waals surface area contributed by atoms with Gasteiger partial charge in [-0.2, -0.15) is 0 Å². The summed E-state index contributed by atoms with van der Waals surface area (Å²) in [4.78, 5) is 12.9. The van der Waals surface area contributed by atoms with Gasteiger partial charge >= 0.3 is 5.97 Å². The molecule has 0 aromatic heterocycles. The maximum atomic E-state index is 10.5. The highest BCUT2D eigenvalue weighted by atomic mass is 16.4. The fourth-order valence-electron chi connectivity index (χ4n) is 2.00. The maximum Gasteiger partial charge on any atom is 0.320 e. The Morgan fingerprint density at radius 1 is 1.64 bits per heavy atom. The molecule has 1 atom stereocenters. The first kappa shape index (κ1) is 11.5. The summed E-state index contributed by atoms with van der Waals surface area (Å²) in [6.07, 6.45) is 2.93. The molecule has 0 radical (unpaired) electrons. The van der Waals surface area contributed by atoms with Crippen molar-refractivity contribution in [2.75, 3.05) is 13.1 Å². The predicted octanol–water partition coefficient (Wildman–Crippen LogP) is 0.663. The van der Waals surface area contributed by atoms with Gasteiger partial charge in [0, 0.05) is 12.1 Å². The molecule has 0 bridgehead atoms. The van der Waals surface area contributed by atoms with E-state index in [4.69, 9.17) is 10.8 Å². The zero-order valence-electron chi connectivity index (χ0n) is 8.99. The molecule has 0 aliphatic carbocycles. The molecule has 3 N–H and O–H groups in total. The molecule has 1 aliphatic rings. The van der Waals surface area contributed by atoms with Gasteiger partial charge in [0.1, 0.15) is 6.04 Å². The number of hydrogen-bond acceptors (Lipinski definition) is 3. The molecule has 0 aromatic carbocycles. The number of carboxylic acids is 1. The first-order valence-corrected chi connectivity index (χ1v) is 5.17. The molecule has 1 unspecified atom stereocenters. The Morgan fingerprint density at radius 2 is 2.29 bits per heavy atom. The number of aliphatic carboxylic acids is 1. The molecule has 4 nitrogen and oxygen atoms in total. The summed E-state index contributed by atoms with van der Waals surface area (Å²) in [5, 5.41) is 8.64. The predicted molar refractivity (Wildman–Crippen MR) is 55.1 cm³/mol. The van der Waals surface area contributed by atoms with E-state index in [0.717, 1.165) is 13.1 Å². The Hall–Kier alpha value is -0.610. The number of nitrogens with two attached hydrogens (primary N) is 1. The monoisotopic (exact) mass is 200 g/mol. The minimum absolute atomic E-state index is 0.220. The molecule has 1 fully saturated rings. The maximum absolute atomic E-state index is 10.5. The molecule has 0 amide bonds. The second kappa shape index (κ2) is 4.28. The average Bonchev–Trinajstić information content (AvgIpc) is 2.40. The van der Waals surface area contributed by atoms with E-state index in [9.17, 15) is 4.79 Å². The summed E-state index contributed by atoms with van der Waals surface area (Å²) in [6, 6.07) is -0.716. The lowest BCUT2D eigenvalue weighted by Crippen LogP contribution is -2.42. The van der Waals surface area contributed by atoms with Crippen LogP contribution >= 0.6 is 0 Å². The molecule has 0 saturated carbocycles. The van der Waals surface area contributed by atoms with Gasteiger partial charge in [0.25, 0.3) is 0 Å². The van der Waals surface area contributed by atoms with Crippen LogP contribution in [0.5, 0.6) is 0 Å². The fourth-order valence-corrected chi connectivity index (χ4v) is 2.00. The molecule has 4 heteroatoms. The van der Waals surface area contributed by atoms with E-state index in [-0.39, 0.29) is 5.54 Å². The SMILES string of the molecule is CC1(C)CCCN1CCC(N)C(=O)O. The molecular formula is C10H20N2O2. The van der Waals surface area contributed by atoms with Crippen molar-refractivity contribution in [1.82, 2.24) is 4.90 Å². The third-order valence-electron chi connectivity index (χ3n) is 3.10. The van der Waals surface area contributed by atoms with Crippen LogP contribution in [-0.2, 0) is 4.79 Å². The molecule has 0 spiro atoms. The molecule has 82 valence electrons. The van der Waals surface area contributed by atoms with Crippen molar-refractivity contribution in [1.29, 1.82) is 0 Å². The van der Waals surface area contributed by atoms with Crippen molar-refractivity contribution in [3.63, 3.8) is 0 Å². The highest BCUT2D eigenvalue weighted by Gasteiger charge is 2.31. The first-order valence-electron chi connectivity index (χ1n) is 5.17. The van der Waals surface area contributed by atoms with Crippen molar-refractivity contribution in [3.05, 3.63) is 0 Å². The highest BCUT2D eigenvalue weighted by Crippen LogP contribution is 2.27. The second-order valence-electron chi connectivity index (χ2n) is 4.64. The zero-order valence-corrected chi connectivity index (χ0v) is 8.99. The van der Waals surface area contributed by atoms with Crippen LogP contribution in [-0.4, -0.2) is 40.6 Å². The summed E-state index contributed by atoms with van der Waals surface area (Å²) in [6.45, 7) is 6.26. The second-order valence-corrected chi connectivity index (χ2v) is 4.64. The van der Waals surface area contributed by atoms with Crippen LogP contribution in [0.4, 0.5) is 0 Å². The van der Waals surface area contributed by atoms with E-state index < -0.39 is 12.0 Å². The van der Waals surface area contributed by atoms with Gasteiger partial charge in [-0.3, -0.25) is 9.69 Å².